The van der Waals surface area contributed by atoms with Crippen LogP contribution in [0.5, 0.6) is 5.75 Å². The minimum absolute atomic E-state index is 0.0454. The predicted octanol–water partition coefficient (Wildman–Crippen LogP) is 2.89. The van der Waals surface area contributed by atoms with Gasteiger partial charge in [0.05, 0.1) is 12.8 Å². The number of H-pyrrole nitrogens is 1. The van der Waals surface area contributed by atoms with Crippen molar-refractivity contribution in [2.75, 3.05) is 13.0 Å². The van der Waals surface area contributed by atoms with E-state index in [0.29, 0.717) is 12.3 Å². The molecule has 0 aliphatic heterocycles. The van der Waals surface area contributed by atoms with E-state index in [-0.39, 0.29) is 4.87 Å². The van der Waals surface area contributed by atoms with E-state index in [2.05, 4.69) is 4.98 Å². The van der Waals surface area contributed by atoms with E-state index >= 15 is 0 Å². The molecule has 90 valence electrons. The van der Waals surface area contributed by atoms with Crippen LogP contribution < -0.4 is 9.61 Å². The second kappa shape index (κ2) is 5.38. The Labute approximate surface area is 108 Å². The first-order chi connectivity index (χ1) is 8.24. The average molecular weight is 270 g/mol. The summed E-state index contributed by atoms with van der Waals surface area (Å²) in [5, 5.41) is 0. The highest BCUT2D eigenvalue weighted by Crippen LogP contribution is 2.25. The summed E-state index contributed by atoms with van der Waals surface area (Å²) in [5.41, 5.74) is 1.84. The Morgan fingerprint density at radius 3 is 2.65 bits per heavy atom. The first kappa shape index (κ1) is 12.2. The zero-order chi connectivity index (χ0) is 12.3. The molecule has 3 nitrogen and oxygen atoms in total. The van der Waals surface area contributed by atoms with Crippen molar-refractivity contribution >= 4 is 22.9 Å². The summed E-state index contributed by atoms with van der Waals surface area (Å²) in [6.45, 7) is 0. The first-order valence-corrected chi connectivity index (χ1v) is 6.52. The molecule has 0 aliphatic rings. The molecule has 0 amide bonds. The van der Waals surface area contributed by atoms with Crippen molar-refractivity contribution in [2.45, 2.75) is 6.42 Å². The largest absolute Gasteiger partial charge is 0.497 e. The summed E-state index contributed by atoms with van der Waals surface area (Å²) in [6.07, 6.45) is 0.701. The third-order valence-corrected chi connectivity index (χ3v) is 3.55. The molecule has 0 spiro atoms. The van der Waals surface area contributed by atoms with Gasteiger partial charge in [-0.05, 0) is 36.2 Å². The molecule has 1 N–H and O–H groups in total. The van der Waals surface area contributed by atoms with Crippen LogP contribution in [0.2, 0.25) is 0 Å². The number of benzene rings is 1. The van der Waals surface area contributed by atoms with Gasteiger partial charge < -0.3 is 9.72 Å². The van der Waals surface area contributed by atoms with Gasteiger partial charge in [0.2, 0.25) is 0 Å². The molecule has 0 saturated carbocycles. The zero-order valence-corrected chi connectivity index (χ0v) is 10.9. The van der Waals surface area contributed by atoms with Crippen LogP contribution in [-0.2, 0) is 6.42 Å². The van der Waals surface area contributed by atoms with Gasteiger partial charge in [-0.2, -0.15) is 0 Å². The number of nitrogens with one attached hydrogen (secondary N) is 1. The highest BCUT2D eigenvalue weighted by atomic mass is 35.5. The standard InChI is InChI=1S/C12H12ClNO2S/c1-16-9-4-2-8(3-5-9)11-10(6-7-13)17-12(15)14-11/h2-5H,6-7H2,1H3,(H,14,15). The van der Waals surface area contributed by atoms with Gasteiger partial charge in [-0.1, -0.05) is 11.3 Å². The maximum absolute atomic E-state index is 11.4. The lowest BCUT2D eigenvalue weighted by molar-refractivity contribution is 0.415. The number of alkyl halides is 1. The molecule has 0 fully saturated rings. The molecule has 17 heavy (non-hydrogen) atoms. The molecule has 0 radical (unpaired) electrons. The van der Waals surface area contributed by atoms with Gasteiger partial charge in [0.25, 0.3) is 0 Å². The van der Waals surface area contributed by atoms with E-state index in [0.717, 1.165) is 21.9 Å². The number of hydrogen-bond acceptors (Lipinski definition) is 3. The number of rotatable bonds is 4. The normalized spacial score (nSPS) is 10.5. The smallest absolute Gasteiger partial charge is 0.305 e. The Bertz CT molecular complexity index is 544. The third kappa shape index (κ3) is 2.70. The average Bonchev–Trinajstić information content (AvgIpc) is 2.71. The van der Waals surface area contributed by atoms with Gasteiger partial charge in [-0.25, -0.2) is 0 Å². The maximum atomic E-state index is 11.4. The molecule has 1 aromatic heterocycles. The van der Waals surface area contributed by atoms with Crippen molar-refractivity contribution in [3.8, 4) is 17.0 Å². The van der Waals surface area contributed by atoms with Crippen LogP contribution in [0.25, 0.3) is 11.3 Å². The second-order valence-corrected chi connectivity index (χ2v) is 4.93. The summed E-state index contributed by atoms with van der Waals surface area (Å²) in [4.78, 5) is 15.2. The number of hydrogen-bond donors (Lipinski definition) is 1. The van der Waals surface area contributed by atoms with Crippen LogP contribution in [0, 0.1) is 0 Å². The summed E-state index contributed by atoms with van der Waals surface area (Å²) in [7, 11) is 1.63. The molecule has 0 atom stereocenters. The van der Waals surface area contributed by atoms with Crippen LogP contribution in [0.1, 0.15) is 4.88 Å². The summed E-state index contributed by atoms with van der Waals surface area (Å²) >= 11 is 6.94. The molecular weight excluding hydrogens is 258 g/mol. The van der Waals surface area contributed by atoms with Crippen LogP contribution >= 0.6 is 22.9 Å². The molecule has 1 heterocycles. The Hall–Kier alpha value is -1.26. The number of aromatic nitrogens is 1. The lowest BCUT2D eigenvalue weighted by atomic mass is 10.1. The van der Waals surface area contributed by atoms with Gasteiger partial charge in [0.15, 0.2) is 0 Å². The van der Waals surface area contributed by atoms with Gasteiger partial charge in [0.1, 0.15) is 5.75 Å². The highest BCUT2D eigenvalue weighted by Gasteiger charge is 2.09. The lowest BCUT2D eigenvalue weighted by Crippen LogP contribution is -1.92. The predicted molar refractivity (Wildman–Crippen MR) is 71.4 cm³/mol. The topological polar surface area (TPSA) is 42.1 Å². The monoisotopic (exact) mass is 269 g/mol. The van der Waals surface area contributed by atoms with Crippen molar-refractivity contribution in [3.63, 3.8) is 0 Å². The molecule has 0 aliphatic carbocycles. The van der Waals surface area contributed by atoms with Crippen LogP contribution in [0.3, 0.4) is 0 Å². The van der Waals surface area contributed by atoms with Gasteiger partial charge in [0, 0.05) is 10.8 Å². The molecule has 5 heteroatoms. The highest BCUT2D eigenvalue weighted by molar-refractivity contribution is 7.09. The fourth-order valence-corrected chi connectivity index (χ4v) is 2.77. The number of halogens is 1. The van der Waals surface area contributed by atoms with E-state index in [1.165, 1.54) is 11.3 Å². The Balaban J connectivity index is 2.40. The molecule has 2 rings (SSSR count). The molecule has 1 aromatic carbocycles. The van der Waals surface area contributed by atoms with Gasteiger partial charge in [-0.3, -0.25) is 4.79 Å². The number of aromatic amines is 1. The second-order valence-electron chi connectivity index (χ2n) is 3.48. The van der Waals surface area contributed by atoms with E-state index in [4.69, 9.17) is 16.3 Å². The number of aryl methyl sites for hydroxylation is 1. The number of ether oxygens (including phenoxy) is 1. The summed E-state index contributed by atoms with van der Waals surface area (Å²) in [6, 6.07) is 7.59. The molecule has 0 saturated heterocycles. The van der Waals surface area contributed by atoms with Gasteiger partial charge in [-0.15, -0.1) is 11.6 Å². The van der Waals surface area contributed by atoms with Crippen LogP contribution in [-0.4, -0.2) is 18.0 Å². The zero-order valence-electron chi connectivity index (χ0n) is 9.33. The van der Waals surface area contributed by atoms with Crippen molar-refractivity contribution in [2.24, 2.45) is 0 Å². The molecule has 0 unspecified atom stereocenters. The fourth-order valence-electron chi connectivity index (χ4n) is 1.61. The molecule has 0 bridgehead atoms. The van der Waals surface area contributed by atoms with Crippen molar-refractivity contribution in [3.05, 3.63) is 38.8 Å². The van der Waals surface area contributed by atoms with Crippen LogP contribution in [0.4, 0.5) is 0 Å². The SMILES string of the molecule is COc1ccc(-c2[nH]c(=O)sc2CCCl)cc1. The lowest BCUT2D eigenvalue weighted by Gasteiger charge is -2.03. The van der Waals surface area contributed by atoms with Gasteiger partial charge >= 0.3 is 4.87 Å². The first-order valence-electron chi connectivity index (χ1n) is 5.17. The number of thiazole rings is 1. The molecule has 2 aromatic rings. The van der Waals surface area contributed by atoms with E-state index in [9.17, 15) is 4.79 Å². The minimum Gasteiger partial charge on any atom is -0.497 e. The van der Waals surface area contributed by atoms with Crippen molar-refractivity contribution < 1.29 is 4.74 Å². The number of methoxy groups -OCH3 is 1. The maximum Gasteiger partial charge on any atom is 0.305 e. The fraction of sp³-hybridized carbons (Fsp3) is 0.250. The van der Waals surface area contributed by atoms with Crippen LogP contribution in [0.15, 0.2) is 29.1 Å². The molecular formula is C12H12ClNO2S. The Morgan fingerprint density at radius 1 is 1.35 bits per heavy atom. The summed E-state index contributed by atoms with van der Waals surface area (Å²) in [5.74, 6) is 1.31. The summed E-state index contributed by atoms with van der Waals surface area (Å²) < 4.78 is 5.10. The third-order valence-electron chi connectivity index (χ3n) is 2.42. The Morgan fingerprint density at radius 2 is 2.06 bits per heavy atom. The van der Waals surface area contributed by atoms with E-state index in [1.807, 2.05) is 24.3 Å². The van der Waals surface area contributed by atoms with E-state index < -0.39 is 0 Å². The van der Waals surface area contributed by atoms with Crippen molar-refractivity contribution in [1.29, 1.82) is 0 Å². The minimum atomic E-state index is -0.0454. The van der Waals surface area contributed by atoms with E-state index in [1.54, 1.807) is 7.11 Å². The quantitative estimate of drug-likeness (QED) is 0.867. The van der Waals surface area contributed by atoms with Crippen molar-refractivity contribution in [1.82, 2.24) is 4.98 Å². The Kier molecular flexibility index (Phi) is 3.86.